The zero-order valence-electron chi connectivity index (χ0n) is 12.1. The lowest BCUT2D eigenvalue weighted by molar-refractivity contribution is 0.581. The Kier molecular flexibility index (Phi) is 6.89. The number of hydrogen-bond acceptors (Lipinski definition) is 3. The van der Waals surface area contributed by atoms with E-state index in [2.05, 4.69) is 42.6 Å². The third kappa shape index (κ3) is 5.21. The molecule has 0 fully saturated rings. The molecule has 0 aliphatic carbocycles. The molecule has 1 rings (SSSR count). The molecule has 4 heteroatoms. The average molecular weight is 282 g/mol. The summed E-state index contributed by atoms with van der Waals surface area (Å²) in [4.78, 5) is 6.88. The molecule has 106 valence electrons. The van der Waals surface area contributed by atoms with Crippen LogP contribution in [-0.4, -0.2) is 24.1 Å². The molecule has 0 saturated carbocycles. The van der Waals surface area contributed by atoms with E-state index >= 15 is 0 Å². The molecule has 0 radical (unpaired) electrons. The van der Waals surface area contributed by atoms with Crippen LogP contribution in [0.15, 0.2) is 24.8 Å². The highest BCUT2D eigenvalue weighted by Crippen LogP contribution is 2.19. The van der Waals surface area contributed by atoms with Gasteiger partial charge in [0.2, 0.25) is 0 Å². The first-order valence-electron chi connectivity index (χ1n) is 6.83. The fourth-order valence-electron chi connectivity index (χ4n) is 1.80. The van der Waals surface area contributed by atoms with Gasteiger partial charge in [0, 0.05) is 25.7 Å². The molecular weight excluding hydrogens is 258 g/mol. The number of nitrogens with one attached hydrogen (secondary N) is 1. The van der Waals surface area contributed by atoms with Crippen molar-refractivity contribution >= 4 is 17.4 Å². The molecule has 1 aromatic rings. The van der Waals surface area contributed by atoms with Crippen LogP contribution in [0.3, 0.4) is 0 Å². The molecule has 0 aliphatic rings. The van der Waals surface area contributed by atoms with E-state index in [-0.39, 0.29) is 0 Å². The van der Waals surface area contributed by atoms with Crippen LogP contribution in [0.1, 0.15) is 32.9 Å². The Morgan fingerprint density at radius 3 is 2.79 bits per heavy atom. The molecule has 1 aromatic heterocycles. The first-order valence-corrected chi connectivity index (χ1v) is 7.20. The summed E-state index contributed by atoms with van der Waals surface area (Å²) >= 11 is 6.20. The largest absolute Gasteiger partial charge is 0.353 e. The van der Waals surface area contributed by atoms with Gasteiger partial charge in [-0.1, -0.05) is 38.4 Å². The molecule has 0 amide bonds. The SMILES string of the molecule is C=CCN(CCC)c1ccc(Cl)c(CNC(C)C)n1. The normalized spacial score (nSPS) is 10.8. The topological polar surface area (TPSA) is 28.2 Å². The standard InChI is InChI=1S/C15H24ClN3/c1-5-9-19(10-6-2)15-8-7-13(16)14(18-15)11-17-12(3)4/h5,7-8,12,17H,1,6,9-11H2,2-4H3. The van der Waals surface area contributed by atoms with Crippen molar-refractivity contribution < 1.29 is 0 Å². The molecule has 0 bridgehead atoms. The summed E-state index contributed by atoms with van der Waals surface area (Å²) in [6.45, 7) is 12.6. The molecular formula is C15H24ClN3. The van der Waals surface area contributed by atoms with E-state index < -0.39 is 0 Å². The first-order chi connectivity index (χ1) is 9.08. The zero-order valence-corrected chi connectivity index (χ0v) is 12.9. The highest BCUT2D eigenvalue weighted by Gasteiger charge is 2.09. The first kappa shape index (κ1) is 16.0. The van der Waals surface area contributed by atoms with Crippen molar-refractivity contribution in [3.05, 3.63) is 35.5 Å². The minimum Gasteiger partial charge on any atom is -0.353 e. The minimum atomic E-state index is 0.418. The van der Waals surface area contributed by atoms with Gasteiger partial charge in [-0.15, -0.1) is 6.58 Å². The Morgan fingerprint density at radius 2 is 2.21 bits per heavy atom. The maximum absolute atomic E-state index is 6.20. The smallest absolute Gasteiger partial charge is 0.129 e. The van der Waals surface area contributed by atoms with Crippen LogP contribution in [0.5, 0.6) is 0 Å². The van der Waals surface area contributed by atoms with Gasteiger partial charge in [0.05, 0.1) is 10.7 Å². The van der Waals surface area contributed by atoms with Crippen LogP contribution in [0.2, 0.25) is 5.02 Å². The highest BCUT2D eigenvalue weighted by atomic mass is 35.5. The summed E-state index contributed by atoms with van der Waals surface area (Å²) in [5, 5.41) is 4.06. The molecule has 3 nitrogen and oxygen atoms in total. The summed E-state index contributed by atoms with van der Waals surface area (Å²) in [6, 6.07) is 4.31. The number of anilines is 1. The van der Waals surface area contributed by atoms with E-state index in [0.717, 1.165) is 31.0 Å². The second-order valence-electron chi connectivity index (χ2n) is 4.87. The molecule has 19 heavy (non-hydrogen) atoms. The molecule has 1 heterocycles. The Balaban J connectivity index is 2.88. The maximum Gasteiger partial charge on any atom is 0.129 e. The van der Waals surface area contributed by atoms with Gasteiger partial charge >= 0.3 is 0 Å². The van der Waals surface area contributed by atoms with Crippen LogP contribution in [0, 0.1) is 0 Å². The van der Waals surface area contributed by atoms with Gasteiger partial charge in [0.25, 0.3) is 0 Å². The zero-order chi connectivity index (χ0) is 14.3. The second kappa shape index (κ2) is 8.18. The van der Waals surface area contributed by atoms with Gasteiger partial charge in [-0.2, -0.15) is 0 Å². The Labute approximate surface area is 121 Å². The molecule has 0 aliphatic heterocycles. The predicted molar refractivity (Wildman–Crippen MR) is 83.9 cm³/mol. The lowest BCUT2D eigenvalue weighted by Crippen LogP contribution is -2.26. The second-order valence-corrected chi connectivity index (χ2v) is 5.28. The predicted octanol–water partition coefficient (Wildman–Crippen LogP) is 3.64. The van der Waals surface area contributed by atoms with Crippen molar-refractivity contribution in [2.45, 2.75) is 39.8 Å². The highest BCUT2D eigenvalue weighted by molar-refractivity contribution is 6.31. The maximum atomic E-state index is 6.20. The van der Waals surface area contributed by atoms with Gasteiger partial charge < -0.3 is 10.2 Å². The van der Waals surface area contributed by atoms with Crippen molar-refractivity contribution in [2.24, 2.45) is 0 Å². The van der Waals surface area contributed by atoms with E-state index in [1.54, 1.807) is 0 Å². The summed E-state index contributed by atoms with van der Waals surface area (Å²) in [7, 11) is 0. The summed E-state index contributed by atoms with van der Waals surface area (Å²) in [6.07, 6.45) is 2.98. The van der Waals surface area contributed by atoms with Crippen molar-refractivity contribution in [2.75, 3.05) is 18.0 Å². The molecule has 0 aromatic carbocycles. The van der Waals surface area contributed by atoms with Crippen LogP contribution in [0.4, 0.5) is 5.82 Å². The van der Waals surface area contributed by atoms with Crippen molar-refractivity contribution in [1.29, 1.82) is 0 Å². The fraction of sp³-hybridized carbons (Fsp3) is 0.533. The van der Waals surface area contributed by atoms with E-state index in [4.69, 9.17) is 11.6 Å². The quantitative estimate of drug-likeness (QED) is 0.738. The van der Waals surface area contributed by atoms with Crippen molar-refractivity contribution in [3.63, 3.8) is 0 Å². The van der Waals surface area contributed by atoms with E-state index in [0.29, 0.717) is 17.6 Å². The lowest BCUT2D eigenvalue weighted by atomic mass is 10.3. The lowest BCUT2D eigenvalue weighted by Gasteiger charge is -2.22. The molecule has 0 atom stereocenters. The third-order valence-corrected chi connectivity index (χ3v) is 3.09. The van der Waals surface area contributed by atoms with E-state index in [9.17, 15) is 0 Å². The molecule has 1 N–H and O–H groups in total. The van der Waals surface area contributed by atoms with Crippen molar-refractivity contribution in [3.8, 4) is 0 Å². The Morgan fingerprint density at radius 1 is 1.47 bits per heavy atom. The van der Waals surface area contributed by atoms with Gasteiger partial charge in [0.1, 0.15) is 5.82 Å². The van der Waals surface area contributed by atoms with Crippen LogP contribution < -0.4 is 10.2 Å². The molecule has 0 saturated heterocycles. The average Bonchev–Trinajstić information content (AvgIpc) is 2.37. The number of halogens is 1. The van der Waals surface area contributed by atoms with Gasteiger partial charge in [-0.05, 0) is 18.6 Å². The minimum absolute atomic E-state index is 0.418. The third-order valence-electron chi connectivity index (χ3n) is 2.75. The van der Waals surface area contributed by atoms with Crippen molar-refractivity contribution in [1.82, 2.24) is 10.3 Å². The van der Waals surface area contributed by atoms with E-state index in [1.165, 1.54) is 0 Å². The molecule has 0 unspecified atom stereocenters. The van der Waals surface area contributed by atoms with Crippen LogP contribution >= 0.6 is 11.6 Å². The number of rotatable bonds is 8. The van der Waals surface area contributed by atoms with E-state index in [1.807, 2.05) is 18.2 Å². The summed E-state index contributed by atoms with van der Waals surface area (Å²) < 4.78 is 0. The number of aromatic nitrogens is 1. The van der Waals surface area contributed by atoms with Gasteiger partial charge in [0.15, 0.2) is 0 Å². The van der Waals surface area contributed by atoms with Crippen LogP contribution in [0.25, 0.3) is 0 Å². The fourth-order valence-corrected chi connectivity index (χ4v) is 1.97. The number of hydrogen-bond donors (Lipinski definition) is 1. The monoisotopic (exact) mass is 281 g/mol. The Hall–Kier alpha value is -1.06. The van der Waals surface area contributed by atoms with Gasteiger partial charge in [-0.3, -0.25) is 0 Å². The molecule has 0 spiro atoms. The number of nitrogens with zero attached hydrogens (tertiary/aromatic N) is 2. The van der Waals surface area contributed by atoms with Gasteiger partial charge in [-0.25, -0.2) is 4.98 Å². The summed E-state index contributed by atoms with van der Waals surface area (Å²) in [5.41, 5.74) is 0.901. The summed E-state index contributed by atoms with van der Waals surface area (Å²) in [5.74, 6) is 0.965. The number of pyridine rings is 1. The van der Waals surface area contributed by atoms with Crippen LogP contribution in [-0.2, 0) is 6.54 Å². The Bertz CT molecular complexity index is 404.